The van der Waals surface area contributed by atoms with Crippen LogP contribution >= 0.6 is 0 Å². The highest BCUT2D eigenvalue weighted by atomic mass is 19.1. The van der Waals surface area contributed by atoms with Gasteiger partial charge in [0.2, 0.25) is 0 Å². The van der Waals surface area contributed by atoms with E-state index in [4.69, 9.17) is 30.3 Å². The molecule has 3 aromatic carbocycles. The molecule has 13 heteroatoms. The summed E-state index contributed by atoms with van der Waals surface area (Å²) >= 11 is 0. The number of anilines is 1. The van der Waals surface area contributed by atoms with E-state index in [1.165, 1.54) is 24.3 Å². The van der Waals surface area contributed by atoms with Crippen molar-refractivity contribution in [1.82, 2.24) is 24.8 Å². The SMILES string of the molecule is C#Cc1c(F)ccc2cc(O)cc(-c3c(F)c4nc(OC[C@@]56CCCN5C[C@H](F)C6)nc(N5C6CCC5CN(CC5COC5)C6)c4c4oc(C)nc34)c12. The lowest BCUT2D eigenvalue weighted by molar-refractivity contribution is -0.0484. The van der Waals surface area contributed by atoms with E-state index in [9.17, 15) is 9.50 Å². The summed E-state index contributed by atoms with van der Waals surface area (Å²) in [5, 5.41) is 11.9. The Bertz CT molecular complexity index is 2350. The minimum absolute atomic E-state index is 0.0129. The maximum atomic E-state index is 17.7. The molecule has 5 aromatic rings. The first-order valence-electron chi connectivity index (χ1n) is 18.5. The highest BCUT2D eigenvalue weighted by Gasteiger charge is 2.50. The molecule has 53 heavy (non-hydrogen) atoms. The summed E-state index contributed by atoms with van der Waals surface area (Å²) < 4.78 is 65.9. The van der Waals surface area contributed by atoms with E-state index in [2.05, 4.69) is 25.6 Å². The Morgan fingerprint density at radius 2 is 1.87 bits per heavy atom. The highest BCUT2D eigenvalue weighted by molar-refractivity contribution is 6.16. The van der Waals surface area contributed by atoms with Gasteiger partial charge in [-0.15, -0.1) is 6.42 Å². The van der Waals surface area contributed by atoms with Crippen LogP contribution in [0.1, 0.15) is 43.6 Å². The van der Waals surface area contributed by atoms with Crippen LogP contribution in [0.3, 0.4) is 0 Å². The molecule has 0 amide bonds. The number of terminal acetylenes is 1. The number of rotatable bonds is 7. The zero-order chi connectivity index (χ0) is 36.2. The molecule has 0 saturated carbocycles. The second kappa shape index (κ2) is 12.2. The number of aryl methyl sites for hydroxylation is 1. The van der Waals surface area contributed by atoms with Gasteiger partial charge in [-0.3, -0.25) is 9.80 Å². The van der Waals surface area contributed by atoms with Gasteiger partial charge >= 0.3 is 6.01 Å². The Morgan fingerprint density at radius 3 is 2.62 bits per heavy atom. The van der Waals surface area contributed by atoms with E-state index in [0.29, 0.717) is 35.5 Å². The van der Waals surface area contributed by atoms with Crippen molar-refractivity contribution in [3.8, 4) is 35.2 Å². The number of piperazine rings is 1. The van der Waals surface area contributed by atoms with Crippen molar-refractivity contribution < 1.29 is 32.2 Å². The molecule has 0 radical (unpaired) electrons. The van der Waals surface area contributed by atoms with Crippen molar-refractivity contribution in [3.05, 3.63) is 47.4 Å². The van der Waals surface area contributed by atoms with Crippen LogP contribution in [0.4, 0.5) is 19.0 Å². The Labute approximate surface area is 303 Å². The average Bonchev–Trinajstić information content (AvgIpc) is 3.84. The topological polar surface area (TPSA) is 100 Å². The summed E-state index contributed by atoms with van der Waals surface area (Å²) in [5.74, 6) is 2.17. The van der Waals surface area contributed by atoms with Crippen molar-refractivity contribution in [2.45, 2.75) is 62.8 Å². The van der Waals surface area contributed by atoms with Crippen LogP contribution in [0.15, 0.2) is 28.7 Å². The van der Waals surface area contributed by atoms with E-state index in [1.54, 1.807) is 6.92 Å². The molecule has 10 nitrogen and oxygen atoms in total. The maximum Gasteiger partial charge on any atom is 0.319 e. The third kappa shape index (κ3) is 5.16. The Balaban J connectivity index is 1.18. The smallest absolute Gasteiger partial charge is 0.319 e. The number of aromatic nitrogens is 3. The fraction of sp³-hybridized carbons (Fsp3) is 0.475. The fourth-order valence-corrected chi connectivity index (χ4v) is 9.93. The van der Waals surface area contributed by atoms with Gasteiger partial charge in [0.1, 0.15) is 41.2 Å². The number of halogens is 3. The van der Waals surface area contributed by atoms with Crippen molar-refractivity contribution in [3.63, 3.8) is 0 Å². The lowest BCUT2D eigenvalue weighted by Gasteiger charge is -2.44. The summed E-state index contributed by atoms with van der Waals surface area (Å²) in [6.45, 7) is 7.18. The minimum atomic E-state index is -0.941. The van der Waals surface area contributed by atoms with Crippen molar-refractivity contribution in [1.29, 1.82) is 0 Å². The summed E-state index contributed by atoms with van der Waals surface area (Å²) in [6.07, 6.45) is 8.85. The van der Waals surface area contributed by atoms with Crippen LogP contribution in [0.2, 0.25) is 0 Å². The fourth-order valence-electron chi connectivity index (χ4n) is 9.93. The Kier molecular flexibility index (Phi) is 7.59. The molecule has 274 valence electrons. The van der Waals surface area contributed by atoms with Crippen LogP contribution in [0.5, 0.6) is 11.8 Å². The number of benzene rings is 3. The van der Waals surface area contributed by atoms with Crippen molar-refractivity contribution in [2.75, 3.05) is 57.4 Å². The number of oxazole rings is 1. The lowest BCUT2D eigenvalue weighted by Crippen LogP contribution is -2.56. The van der Waals surface area contributed by atoms with E-state index >= 15 is 8.78 Å². The van der Waals surface area contributed by atoms with Gasteiger partial charge in [0.05, 0.1) is 35.3 Å². The van der Waals surface area contributed by atoms with Gasteiger partial charge in [0, 0.05) is 62.9 Å². The average molecular weight is 725 g/mol. The molecule has 5 fully saturated rings. The van der Waals surface area contributed by atoms with E-state index in [1.807, 2.05) is 0 Å². The molecule has 0 spiro atoms. The van der Waals surface area contributed by atoms with E-state index in [0.717, 1.165) is 65.1 Å². The second-order valence-electron chi connectivity index (χ2n) is 15.6. The molecule has 7 heterocycles. The Morgan fingerprint density at radius 1 is 1.06 bits per heavy atom. The molecule has 5 aliphatic heterocycles. The monoisotopic (exact) mass is 724 g/mol. The number of fused-ring (bicyclic) bond motifs is 7. The van der Waals surface area contributed by atoms with Gasteiger partial charge in [0.25, 0.3) is 0 Å². The summed E-state index contributed by atoms with van der Waals surface area (Å²) in [5.41, 5.74) is -0.0135. The number of nitrogens with zero attached hydrogens (tertiary/aromatic N) is 6. The number of hydrogen-bond donors (Lipinski definition) is 1. The molecule has 2 unspecified atom stereocenters. The van der Waals surface area contributed by atoms with Gasteiger partial charge in [-0.25, -0.2) is 18.2 Å². The Hall–Kier alpha value is -4.64. The largest absolute Gasteiger partial charge is 0.508 e. The molecular weight excluding hydrogens is 685 g/mol. The molecule has 4 atom stereocenters. The highest BCUT2D eigenvalue weighted by Crippen LogP contribution is 2.48. The van der Waals surface area contributed by atoms with Gasteiger partial charge in [-0.1, -0.05) is 12.0 Å². The van der Waals surface area contributed by atoms with Crippen LogP contribution in [0.25, 0.3) is 43.9 Å². The van der Waals surface area contributed by atoms with E-state index < -0.39 is 23.3 Å². The van der Waals surface area contributed by atoms with Gasteiger partial charge in [-0.2, -0.15) is 9.97 Å². The lowest BCUT2D eigenvalue weighted by atomic mass is 9.92. The second-order valence-corrected chi connectivity index (χ2v) is 15.6. The number of likely N-dealkylation sites (tertiary alicyclic amines) is 1. The third-order valence-electron chi connectivity index (χ3n) is 12.2. The molecule has 5 aliphatic rings. The van der Waals surface area contributed by atoms with Gasteiger partial charge in [-0.05, 0) is 61.4 Å². The minimum Gasteiger partial charge on any atom is -0.508 e. The maximum absolute atomic E-state index is 17.7. The third-order valence-corrected chi connectivity index (χ3v) is 12.2. The molecule has 2 bridgehead atoms. The van der Waals surface area contributed by atoms with Crippen LogP contribution in [-0.2, 0) is 4.74 Å². The van der Waals surface area contributed by atoms with Crippen molar-refractivity contribution >= 4 is 38.6 Å². The summed E-state index contributed by atoms with van der Waals surface area (Å²) in [6, 6.07) is 5.74. The predicted molar refractivity (Wildman–Crippen MR) is 193 cm³/mol. The number of ether oxygens (including phenoxy) is 2. The molecular formula is C40H39F3N6O4. The first-order chi connectivity index (χ1) is 25.7. The van der Waals surface area contributed by atoms with Crippen LogP contribution in [-0.4, -0.2) is 106 Å². The van der Waals surface area contributed by atoms with Gasteiger partial charge in [0.15, 0.2) is 17.3 Å². The number of phenolic OH excluding ortho intramolecular Hbond substituents is 1. The van der Waals surface area contributed by atoms with Crippen LogP contribution < -0.4 is 9.64 Å². The summed E-state index contributed by atoms with van der Waals surface area (Å²) in [4.78, 5) is 21.4. The molecule has 2 aromatic heterocycles. The summed E-state index contributed by atoms with van der Waals surface area (Å²) in [7, 11) is 0. The molecule has 1 N–H and O–H groups in total. The zero-order valence-corrected chi connectivity index (χ0v) is 29.4. The van der Waals surface area contributed by atoms with Crippen LogP contribution in [0, 0.1) is 36.8 Å². The first kappa shape index (κ1) is 33.0. The first-order valence-corrected chi connectivity index (χ1v) is 18.5. The molecule has 5 saturated heterocycles. The molecule has 0 aliphatic carbocycles. The number of hydrogen-bond acceptors (Lipinski definition) is 10. The normalized spacial score (nSPS) is 26.2. The standard InChI is InChI=1S/C40H39F3N6O4/c1-3-28-30(42)8-5-23-11-27(50)12-29(31(23)28)32-34(43)35-33(37-36(32)44-21(2)53-37)38(49-25-6-7-26(49)17-47(16-25)14-22-18-51-19-22)46-39(45-35)52-20-40-9-4-10-48(40)15-24(41)13-40/h1,5,8,11-12,22,24-26,50H,4,6-7,9-10,13-20H2,2H3/t24-,25?,26?,40+/m1/s1. The molecule has 10 rings (SSSR count). The van der Waals surface area contributed by atoms with E-state index in [-0.39, 0.29) is 75.0 Å². The quantitative estimate of drug-likeness (QED) is 0.198. The van der Waals surface area contributed by atoms with Crippen molar-refractivity contribution in [2.24, 2.45) is 5.92 Å². The zero-order valence-electron chi connectivity index (χ0n) is 29.4. The number of aromatic hydroxyl groups is 1. The van der Waals surface area contributed by atoms with Gasteiger partial charge < -0.3 is 23.9 Å². The number of alkyl halides is 1. The predicted octanol–water partition coefficient (Wildman–Crippen LogP) is 6.12. The number of phenols is 1.